The van der Waals surface area contributed by atoms with Gasteiger partial charge in [-0.1, -0.05) is 19.1 Å². The number of aryl methyl sites for hydroxylation is 1. The zero-order chi connectivity index (χ0) is 18.1. The van der Waals surface area contributed by atoms with E-state index in [1.165, 1.54) is 0 Å². The number of carboxylic acids is 1. The molecule has 0 aliphatic rings. The van der Waals surface area contributed by atoms with Crippen LogP contribution in [0.15, 0.2) is 48.5 Å². The molecule has 0 bridgehead atoms. The van der Waals surface area contributed by atoms with E-state index in [2.05, 4.69) is 10.6 Å². The predicted molar refractivity (Wildman–Crippen MR) is 97.3 cm³/mol. The molecule has 0 saturated carbocycles. The number of amides is 2. The summed E-state index contributed by atoms with van der Waals surface area (Å²) in [6.07, 6.45) is 1.42. The van der Waals surface area contributed by atoms with Gasteiger partial charge >= 0.3 is 12.0 Å². The lowest BCUT2D eigenvalue weighted by molar-refractivity contribution is -0.136. The summed E-state index contributed by atoms with van der Waals surface area (Å²) in [7, 11) is 0. The lowest BCUT2D eigenvalue weighted by atomic mass is 10.1. The first-order valence-electron chi connectivity index (χ1n) is 8.18. The number of rotatable bonds is 8. The summed E-state index contributed by atoms with van der Waals surface area (Å²) in [6, 6.07) is 13.9. The van der Waals surface area contributed by atoms with Crippen molar-refractivity contribution in [2.24, 2.45) is 0 Å². The lowest BCUT2D eigenvalue weighted by Crippen LogP contribution is -2.19. The number of hydrogen-bond acceptors (Lipinski definition) is 3. The second kappa shape index (κ2) is 9.32. The predicted octanol–water partition coefficient (Wildman–Crippen LogP) is 4.14. The van der Waals surface area contributed by atoms with E-state index in [1.807, 2.05) is 13.0 Å². The smallest absolute Gasteiger partial charge is 0.323 e. The molecule has 0 aliphatic heterocycles. The molecule has 3 N–H and O–H groups in total. The van der Waals surface area contributed by atoms with Crippen molar-refractivity contribution in [2.75, 3.05) is 17.2 Å². The maximum absolute atomic E-state index is 12.1. The van der Waals surface area contributed by atoms with E-state index < -0.39 is 5.97 Å². The third-order valence-corrected chi connectivity index (χ3v) is 3.40. The number of carbonyl (C=O) groups is 2. The Hall–Kier alpha value is -3.02. The fourth-order valence-electron chi connectivity index (χ4n) is 2.20. The van der Waals surface area contributed by atoms with Crippen molar-refractivity contribution in [1.82, 2.24) is 0 Å². The van der Waals surface area contributed by atoms with Gasteiger partial charge in [-0.2, -0.15) is 0 Å². The average Bonchev–Trinajstić information content (AvgIpc) is 2.59. The van der Waals surface area contributed by atoms with Crippen molar-refractivity contribution in [3.8, 4) is 5.75 Å². The standard InChI is InChI=1S/C19H22N2O4/c1-2-12-25-17-9-7-15(8-10-17)20-19(24)21-16-5-3-4-14(13-16)6-11-18(22)23/h3-5,7-10,13H,2,6,11-12H2,1H3,(H,22,23)(H2,20,21,24). The molecule has 132 valence electrons. The largest absolute Gasteiger partial charge is 0.494 e. The summed E-state index contributed by atoms with van der Waals surface area (Å²) in [4.78, 5) is 22.7. The van der Waals surface area contributed by atoms with Crippen LogP contribution in [0.2, 0.25) is 0 Å². The third-order valence-electron chi connectivity index (χ3n) is 3.40. The van der Waals surface area contributed by atoms with Crippen LogP contribution in [0.25, 0.3) is 0 Å². The summed E-state index contributed by atoms with van der Waals surface area (Å²) in [5, 5.41) is 14.2. The van der Waals surface area contributed by atoms with E-state index in [1.54, 1.807) is 42.5 Å². The molecule has 0 radical (unpaired) electrons. The Bertz CT molecular complexity index is 714. The molecule has 2 rings (SSSR count). The number of carbonyl (C=O) groups excluding carboxylic acids is 1. The van der Waals surface area contributed by atoms with Crippen LogP contribution < -0.4 is 15.4 Å². The fourth-order valence-corrected chi connectivity index (χ4v) is 2.20. The van der Waals surface area contributed by atoms with Gasteiger partial charge in [-0.15, -0.1) is 0 Å². The highest BCUT2D eigenvalue weighted by molar-refractivity contribution is 5.99. The zero-order valence-corrected chi connectivity index (χ0v) is 14.1. The maximum atomic E-state index is 12.1. The van der Waals surface area contributed by atoms with E-state index in [0.29, 0.717) is 24.4 Å². The molecule has 0 saturated heterocycles. The first kappa shape index (κ1) is 18.3. The van der Waals surface area contributed by atoms with Crippen LogP contribution in [0.4, 0.5) is 16.2 Å². The summed E-state index contributed by atoms with van der Waals surface area (Å²) in [5.41, 5.74) is 2.13. The monoisotopic (exact) mass is 342 g/mol. The Balaban J connectivity index is 1.89. The summed E-state index contributed by atoms with van der Waals surface area (Å²) in [6.45, 7) is 2.70. The van der Waals surface area contributed by atoms with E-state index in [4.69, 9.17) is 9.84 Å². The van der Waals surface area contributed by atoms with Crippen LogP contribution >= 0.6 is 0 Å². The molecule has 2 aromatic rings. The minimum absolute atomic E-state index is 0.0576. The molecule has 0 fully saturated rings. The Morgan fingerprint density at radius 1 is 1.04 bits per heavy atom. The molecule has 0 aliphatic carbocycles. The van der Waals surface area contributed by atoms with Gasteiger partial charge in [0.05, 0.1) is 6.61 Å². The Kier molecular flexibility index (Phi) is 6.83. The number of aliphatic carboxylic acids is 1. The van der Waals surface area contributed by atoms with Gasteiger partial charge in [0.2, 0.25) is 0 Å². The molecule has 0 heterocycles. The number of ether oxygens (including phenoxy) is 1. The van der Waals surface area contributed by atoms with Crippen molar-refractivity contribution in [3.63, 3.8) is 0 Å². The first-order valence-corrected chi connectivity index (χ1v) is 8.18. The quantitative estimate of drug-likeness (QED) is 0.673. The molecule has 0 atom stereocenters. The van der Waals surface area contributed by atoms with Gasteiger partial charge in [0, 0.05) is 17.8 Å². The summed E-state index contributed by atoms with van der Waals surface area (Å²) >= 11 is 0. The minimum atomic E-state index is -0.845. The van der Waals surface area contributed by atoms with E-state index in [9.17, 15) is 9.59 Å². The van der Waals surface area contributed by atoms with Gasteiger partial charge in [0.15, 0.2) is 0 Å². The fraction of sp³-hybridized carbons (Fsp3) is 0.263. The molecule has 0 aromatic heterocycles. The van der Waals surface area contributed by atoms with Crippen molar-refractivity contribution in [1.29, 1.82) is 0 Å². The van der Waals surface area contributed by atoms with Crippen molar-refractivity contribution in [2.45, 2.75) is 26.2 Å². The minimum Gasteiger partial charge on any atom is -0.494 e. The highest BCUT2D eigenvalue weighted by Gasteiger charge is 2.05. The molecule has 2 amide bonds. The van der Waals surface area contributed by atoms with E-state index in [0.717, 1.165) is 17.7 Å². The number of nitrogens with one attached hydrogen (secondary N) is 2. The number of hydrogen-bond donors (Lipinski definition) is 3. The van der Waals surface area contributed by atoms with Gasteiger partial charge in [0.1, 0.15) is 5.75 Å². The van der Waals surface area contributed by atoms with Crippen molar-refractivity contribution in [3.05, 3.63) is 54.1 Å². The normalized spacial score (nSPS) is 10.1. The second-order valence-corrected chi connectivity index (χ2v) is 5.55. The molecule has 25 heavy (non-hydrogen) atoms. The highest BCUT2D eigenvalue weighted by Crippen LogP contribution is 2.17. The SMILES string of the molecule is CCCOc1ccc(NC(=O)Nc2cccc(CCC(=O)O)c2)cc1. The number of carboxylic acid groups (broad SMARTS) is 1. The van der Waals surface area contributed by atoms with Crippen LogP contribution in [-0.4, -0.2) is 23.7 Å². The van der Waals surface area contributed by atoms with Crippen LogP contribution in [-0.2, 0) is 11.2 Å². The zero-order valence-electron chi connectivity index (χ0n) is 14.1. The lowest BCUT2D eigenvalue weighted by Gasteiger charge is -2.10. The topological polar surface area (TPSA) is 87.7 Å². The van der Waals surface area contributed by atoms with E-state index >= 15 is 0 Å². The van der Waals surface area contributed by atoms with Crippen LogP contribution in [0, 0.1) is 0 Å². The number of anilines is 2. The van der Waals surface area contributed by atoms with Gasteiger partial charge in [-0.05, 0) is 54.8 Å². The Morgan fingerprint density at radius 3 is 2.44 bits per heavy atom. The van der Waals surface area contributed by atoms with Crippen molar-refractivity contribution < 1.29 is 19.4 Å². The van der Waals surface area contributed by atoms with Gasteiger partial charge in [-0.3, -0.25) is 4.79 Å². The first-order chi connectivity index (χ1) is 12.1. The molecule has 6 heteroatoms. The van der Waals surface area contributed by atoms with Crippen LogP contribution in [0.3, 0.4) is 0 Å². The number of urea groups is 1. The molecule has 0 spiro atoms. The van der Waals surface area contributed by atoms with Gasteiger partial charge in [0.25, 0.3) is 0 Å². The van der Waals surface area contributed by atoms with Crippen LogP contribution in [0.1, 0.15) is 25.3 Å². The van der Waals surface area contributed by atoms with Crippen LogP contribution in [0.5, 0.6) is 5.75 Å². The molecular weight excluding hydrogens is 320 g/mol. The Morgan fingerprint density at radius 2 is 1.76 bits per heavy atom. The molecular formula is C19H22N2O4. The van der Waals surface area contributed by atoms with E-state index in [-0.39, 0.29) is 12.5 Å². The molecule has 0 unspecified atom stereocenters. The molecule has 2 aromatic carbocycles. The summed E-state index contributed by atoms with van der Waals surface area (Å²) < 4.78 is 5.49. The maximum Gasteiger partial charge on any atom is 0.323 e. The van der Waals surface area contributed by atoms with Crippen molar-refractivity contribution >= 4 is 23.4 Å². The highest BCUT2D eigenvalue weighted by atomic mass is 16.5. The van der Waals surface area contributed by atoms with Gasteiger partial charge < -0.3 is 20.5 Å². The number of benzene rings is 2. The third kappa shape index (κ3) is 6.55. The Labute approximate surface area is 146 Å². The van der Waals surface area contributed by atoms with Gasteiger partial charge in [-0.25, -0.2) is 4.79 Å². The second-order valence-electron chi connectivity index (χ2n) is 5.55. The molecule has 6 nitrogen and oxygen atoms in total. The summed E-state index contributed by atoms with van der Waals surface area (Å²) in [5.74, 6) is -0.0820. The average molecular weight is 342 g/mol.